The van der Waals surface area contributed by atoms with Gasteiger partial charge in [-0.25, -0.2) is 4.98 Å². The van der Waals surface area contributed by atoms with Crippen LogP contribution >= 0.6 is 0 Å². The Morgan fingerprint density at radius 1 is 1.16 bits per heavy atom. The molecule has 1 unspecified atom stereocenters. The topological polar surface area (TPSA) is 43.3 Å². The summed E-state index contributed by atoms with van der Waals surface area (Å²) >= 11 is 0. The lowest BCUT2D eigenvalue weighted by molar-refractivity contribution is 0.818. The number of aryl methyl sites for hydroxylation is 1. The first-order valence-corrected chi connectivity index (χ1v) is 6.45. The van der Waals surface area contributed by atoms with E-state index in [1.165, 1.54) is 5.56 Å². The van der Waals surface area contributed by atoms with E-state index in [0.29, 0.717) is 0 Å². The van der Waals surface area contributed by atoms with Crippen LogP contribution in [0.5, 0.6) is 0 Å². The van der Waals surface area contributed by atoms with Gasteiger partial charge in [-0.15, -0.1) is 0 Å². The summed E-state index contributed by atoms with van der Waals surface area (Å²) in [6.07, 6.45) is 4.09. The first-order valence-electron chi connectivity index (χ1n) is 6.45. The first kappa shape index (κ1) is 11.9. The quantitative estimate of drug-likeness (QED) is 0.759. The van der Waals surface area contributed by atoms with Gasteiger partial charge in [0.15, 0.2) is 0 Å². The molecule has 0 spiro atoms. The number of aromatic nitrogens is 2. The fourth-order valence-corrected chi connectivity index (χ4v) is 2.18. The molecule has 1 aromatic carbocycles. The van der Waals surface area contributed by atoms with Crippen molar-refractivity contribution < 1.29 is 0 Å². The van der Waals surface area contributed by atoms with Gasteiger partial charge in [0.1, 0.15) is 5.65 Å². The van der Waals surface area contributed by atoms with Crippen LogP contribution in [0, 0.1) is 6.92 Å². The molecule has 96 valence electrons. The molecule has 3 nitrogen and oxygen atoms in total. The minimum Gasteiger partial charge on any atom is -0.324 e. The molecular formula is C16H17N3. The molecule has 19 heavy (non-hydrogen) atoms. The number of nitrogens with two attached hydrogens (primary N) is 1. The number of pyridine rings is 1. The second-order valence-electron chi connectivity index (χ2n) is 5.01. The molecule has 3 heteroatoms. The molecule has 1 atom stereocenters. The lowest BCUT2D eigenvalue weighted by atomic mass is 10.1. The summed E-state index contributed by atoms with van der Waals surface area (Å²) in [5, 5.41) is 0. The lowest BCUT2D eigenvalue weighted by Crippen LogP contribution is -2.04. The number of hydrogen-bond acceptors (Lipinski definition) is 2. The van der Waals surface area contributed by atoms with Crippen LogP contribution in [0.3, 0.4) is 0 Å². The Balaban J connectivity index is 2.03. The van der Waals surface area contributed by atoms with Crippen LogP contribution in [0.25, 0.3) is 16.9 Å². The molecule has 0 amide bonds. The van der Waals surface area contributed by atoms with E-state index >= 15 is 0 Å². The summed E-state index contributed by atoms with van der Waals surface area (Å²) in [6, 6.07) is 12.5. The molecule has 0 aliphatic carbocycles. The summed E-state index contributed by atoms with van der Waals surface area (Å²) in [4.78, 5) is 4.65. The van der Waals surface area contributed by atoms with E-state index in [9.17, 15) is 0 Å². The molecule has 0 saturated heterocycles. The molecule has 0 aliphatic rings. The molecular weight excluding hydrogens is 234 g/mol. The Morgan fingerprint density at radius 3 is 2.58 bits per heavy atom. The van der Waals surface area contributed by atoms with Crippen molar-refractivity contribution in [2.45, 2.75) is 19.9 Å². The predicted molar refractivity (Wildman–Crippen MR) is 78.0 cm³/mol. The number of rotatable bonds is 2. The highest BCUT2D eigenvalue weighted by atomic mass is 15.0. The fraction of sp³-hybridized carbons (Fsp3) is 0.188. The number of fused-ring (bicyclic) bond motifs is 1. The van der Waals surface area contributed by atoms with E-state index in [1.807, 2.05) is 17.5 Å². The summed E-state index contributed by atoms with van der Waals surface area (Å²) in [7, 11) is 0. The molecule has 2 aromatic heterocycles. The van der Waals surface area contributed by atoms with Crippen molar-refractivity contribution in [1.82, 2.24) is 9.38 Å². The van der Waals surface area contributed by atoms with Gasteiger partial charge in [-0.1, -0.05) is 24.3 Å². The fourth-order valence-electron chi connectivity index (χ4n) is 2.18. The monoisotopic (exact) mass is 251 g/mol. The summed E-state index contributed by atoms with van der Waals surface area (Å²) in [5.74, 6) is 0. The second-order valence-corrected chi connectivity index (χ2v) is 5.01. The van der Waals surface area contributed by atoms with Gasteiger partial charge in [0.05, 0.1) is 5.69 Å². The zero-order valence-electron chi connectivity index (χ0n) is 11.2. The van der Waals surface area contributed by atoms with E-state index < -0.39 is 0 Å². The number of benzene rings is 1. The molecule has 0 saturated carbocycles. The molecule has 3 rings (SSSR count). The highest BCUT2D eigenvalue weighted by molar-refractivity contribution is 5.63. The Bertz CT molecular complexity index is 708. The molecule has 0 fully saturated rings. The standard InChI is InChI=1S/C16H17N3/c1-11-7-8-19-10-15(18-16(19)9-11)14-5-3-13(4-6-14)12(2)17/h3-10,12H,17H2,1-2H3. The van der Waals surface area contributed by atoms with Gasteiger partial charge in [0, 0.05) is 24.0 Å². The maximum Gasteiger partial charge on any atom is 0.137 e. The van der Waals surface area contributed by atoms with Crippen LogP contribution in [0.15, 0.2) is 48.8 Å². The highest BCUT2D eigenvalue weighted by Crippen LogP contribution is 2.21. The number of nitrogens with zero attached hydrogens (tertiary/aromatic N) is 2. The summed E-state index contributed by atoms with van der Waals surface area (Å²) < 4.78 is 2.04. The van der Waals surface area contributed by atoms with Gasteiger partial charge in [0.25, 0.3) is 0 Å². The molecule has 3 aromatic rings. The van der Waals surface area contributed by atoms with Crippen LogP contribution in [0.4, 0.5) is 0 Å². The van der Waals surface area contributed by atoms with Gasteiger partial charge in [-0.05, 0) is 37.1 Å². The number of imidazole rings is 1. The normalized spacial score (nSPS) is 12.8. The van der Waals surface area contributed by atoms with E-state index in [-0.39, 0.29) is 6.04 Å². The lowest BCUT2D eigenvalue weighted by Gasteiger charge is -2.05. The van der Waals surface area contributed by atoms with Crippen LogP contribution in [-0.2, 0) is 0 Å². The van der Waals surface area contributed by atoms with Crippen molar-refractivity contribution in [2.24, 2.45) is 5.73 Å². The van der Waals surface area contributed by atoms with Crippen molar-refractivity contribution in [3.05, 3.63) is 59.9 Å². The van der Waals surface area contributed by atoms with Crippen molar-refractivity contribution >= 4 is 5.65 Å². The van der Waals surface area contributed by atoms with E-state index in [2.05, 4.69) is 54.5 Å². The van der Waals surface area contributed by atoms with Gasteiger partial charge in [-0.2, -0.15) is 0 Å². The Hall–Kier alpha value is -2.13. The summed E-state index contributed by atoms with van der Waals surface area (Å²) in [6.45, 7) is 4.06. The molecule has 2 heterocycles. The van der Waals surface area contributed by atoms with Crippen molar-refractivity contribution in [3.8, 4) is 11.3 Å². The maximum atomic E-state index is 5.86. The van der Waals surface area contributed by atoms with E-state index in [0.717, 1.165) is 22.5 Å². The molecule has 2 N–H and O–H groups in total. The predicted octanol–water partition coefficient (Wildman–Crippen LogP) is 3.33. The smallest absolute Gasteiger partial charge is 0.137 e. The largest absolute Gasteiger partial charge is 0.324 e. The minimum absolute atomic E-state index is 0.0674. The van der Waals surface area contributed by atoms with Crippen LogP contribution in [0.1, 0.15) is 24.1 Å². The summed E-state index contributed by atoms with van der Waals surface area (Å²) in [5.41, 5.74) is 11.3. The average molecular weight is 251 g/mol. The van der Waals surface area contributed by atoms with Crippen molar-refractivity contribution in [2.75, 3.05) is 0 Å². The second kappa shape index (κ2) is 4.52. The Kier molecular flexibility index (Phi) is 2.84. The van der Waals surface area contributed by atoms with E-state index in [1.54, 1.807) is 0 Å². The maximum absolute atomic E-state index is 5.86. The minimum atomic E-state index is 0.0674. The first-order chi connectivity index (χ1) is 9.13. The molecule has 0 aliphatic heterocycles. The van der Waals surface area contributed by atoms with Crippen LogP contribution in [0.2, 0.25) is 0 Å². The van der Waals surface area contributed by atoms with Crippen LogP contribution in [-0.4, -0.2) is 9.38 Å². The zero-order chi connectivity index (χ0) is 13.4. The van der Waals surface area contributed by atoms with Crippen LogP contribution < -0.4 is 5.73 Å². The zero-order valence-corrected chi connectivity index (χ0v) is 11.2. The third kappa shape index (κ3) is 2.25. The third-order valence-corrected chi connectivity index (χ3v) is 3.35. The highest BCUT2D eigenvalue weighted by Gasteiger charge is 2.05. The SMILES string of the molecule is Cc1ccn2cc(-c3ccc(C(C)N)cc3)nc2c1. The number of hydrogen-bond donors (Lipinski definition) is 1. The van der Waals surface area contributed by atoms with Gasteiger partial charge in [0.2, 0.25) is 0 Å². The Morgan fingerprint density at radius 2 is 1.89 bits per heavy atom. The third-order valence-electron chi connectivity index (χ3n) is 3.35. The van der Waals surface area contributed by atoms with Crippen molar-refractivity contribution in [3.63, 3.8) is 0 Å². The van der Waals surface area contributed by atoms with Gasteiger partial charge < -0.3 is 10.1 Å². The van der Waals surface area contributed by atoms with E-state index in [4.69, 9.17) is 5.73 Å². The molecule has 0 bridgehead atoms. The van der Waals surface area contributed by atoms with Gasteiger partial charge >= 0.3 is 0 Å². The van der Waals surface area contributed by atoms with Gasteiger partial charge in [-0.3, -0.25) is 0 Å². The van der Waals surface area contributed by atoms with Crippen molar-refractivity contribution in [1.29, 1.82) is 0 Å². The Labute approximate surface area is 112 Å². The molecule has 0 radical (unpaired) electrons. The average Bonchev–Trinajstić information content (AvgIpc) is 2.81.